The molecule has 0 heterocycles. The molecule has 0 N–H and O–H groups in total. The maximum absolute atomic E-state index is 12.3. The molecule has 0 radical (unpaired) electrons. The highest BCUT2D eigenvalue weighted by atomic mass is 28.4. The lowest BCUT2D eigenvalue weighted by atomic mass is 10.4. The number of carbonyl (C=O) groups is 1. The molecule has 0 aliphatic heterocycles. The van der Waals surface area contributed by atoms with Crippen molar-refractivity contribution in [3.63, 3.8) is 0 Å². The van der Waals surface area contributed by atoms with Crippen LogP contribution in [0.15, 0.2) is 0 Å². The molecule has 0 aromatic carbocycles. The highest BCUT2D eigenvalue weighted by Gasteiger charge is 2.52. The Hall–Kier alpha value is 0.241. The van der Waals surface area contributed by atoms with Gasteiger partial charge < -0.3 is 13.6 Å². The van der Waals surface area contributed by atoms with E-state index in [0.717, 1.165) is 0 Å². The molecule has 150 valence electrons. The number of hydrogen-bond acceptors (Lipinski definition) is 3. The summed E-state index contributed by atoms with van der Waals surface area (Å²) < 4.78 is 13.4. The van der Waals surface area contributed by atoms with E-state index in [0.29, 0.717) is 6.42 Å². The summed E-state index contributed by atoms with van der Waals surface area (Å²) in [7, 11) is -6.08. The van der Waals surface area contributed by atoms with E-state index >= 15 is 0 Å². The summed E-state index contributed by atoms with van der Waals surface area (Å²) in [6.07, 6.45) is 3.07. The van der Waals surface area contributed by atoms with Crippen LogP contribution in [0.1, 0.15) is 60.8 Å². The standard InChI is InChI=1S/C19H44O3Si3/c1-13-15-16-23(7,8)18(3,4)22-25(11,12)19(5,6)21-24(9,10)17(20)14-2/h13-16H2,1-12H3. The third-order valence-electron chi connectivity index (χ3n) is 6.25. The third kappa shape index (κ3) is 6.41. The molecule has 0 unspecified atom stereocenters. The van der Waals surface area contributed by atoms with E-state index in [-0.39, 0.29) is 15.9 Å². The van der Waals surface area contributed by atoms with Crippen molar-refractivity contribution >= 4 is 30.1 Å². The van der Waals surface area contributed by atoms with Gasteiger partial charge in [0.2, 0.25) is 8.32 Å². The fourth-order valence-electron chi connectivity index (χ4n) is 3.06. The van der Waals surface area contributed by atoms with Crippen LogP contribution in [-0.4, -0.2) is 40.6 Å². The quantitative estimate of drug-likeness (QED) is 0.391. The molecule has 0 rings (SSSR count). The lowest BCUT2D eigenvalue weighted by Gasteiger charge is -2.51. The second kappa shape index (κ2) is 8.50. The molecular formula is C19H44O3Si3. The monoisotopic (exact) mass is 404 g/mol. The van der Waals surface area contributed by atoms with Gasteiger partial charge in [0, 0.05) is 11.6 Å². The molecule has 0 bridgehead atoms. The summed E-state index contributed by atoms with van der Waals surface area (Å²) in [6, 6.07) is 1.29. The molecule has 0 aromatic heterocycles. The molecule has 0 saturated heterocycles. The van der Waals surface area contributed by atoms with Crippen LogP contribution < -0.4 is 0 Å². The van der Waals surface area contributed by atoms with E-state index < -0.39 is 24.7 Å². The predicted molar refractivity (Wildman–Crippen MR) is 118 cm³/mol. The number of unbranched alkanes of at least 4 members (excludes halogenated alkanes) is 1. The van der Waals surface area contributed by atoms with Gasteiger partial charge >= 0.3 is 0 Å². The highest BCUT2D eigenvalue weighted by Crippen LogP contribution is 2.37. The Morgan fingerprint density at radius 2 is 1.32 bits per heavy atom. The molecule has 0 spiro atoms. The van der Waals surface area contributed by atoms with Crippen molar-refractivity contribution in [1.82, 2.24) is 0 Å². The first-order valence-electron chi connectivity index (χ1n) is 9.89. The Kier molecular flexibility index (Phi) is 8.58. The van der Waals surface area contributed by atoms with E-state index in [9.17, 15) is 4.79 Å². The van der Waals surface area contributed by atoms with Crippen molar-refractivity contribution in [3.05, 3.63) is 0 Å². The second-order valence-electron chi connectivity index (χ2n) is 10.0. The molecular weight excluding hydrogens is 360 g/mol. The Morgan fingerprint density at radius 1 is 0.840 bits per heavy atom. The largest absolute Gasteiger partial charge is 0.412 e. The van der Waals surface area contributed by atoms with E-state index in [4.69, 9.17) is 8.85 Å². The van der Waals surface area contributed by atoms with Gasteiger partial charge in [0.25, 0.3) is 8.32 Å². The summed E-state index contributed by atoms with van der Waals surface area (Å²) in [5.41, 5.74) is 0. The van der Waals surface area contributed by atoms with Crippen LogP contribution >= 0.6 is 0 Å². The predicted octanol–water partition coefficient (Wildman–Crippen LogP) is 6.09. The Balaban J connectivity index is 5.43. The topological polar surface area (TPSA) is 35.5 Å². The van der Waals surface area contributed by atoms with Crippen LogP contribution in [0.3, 0.4) is 0 Å². The Morgan fingerprint density at radius 3 is 1.72 bits per heavy atom. The van der Waals surface area contributed by atoms with E-state index in [1.807, 2.05) is 20.0 Å². The van der Waals surface area contributed by atoms with Crippen LogP contribution in [0, 0.1) is 0 Å². The summed E-state index contributed by atoms with van der Waals surface area (Å²) in [4.78, 5) is 12.3. The van der Waals surface area contributed by atoms with Gasteiger partial charge in [-0.05, 0) is 53.9 Å². The van der Waals surface area contributed by atoms with Crippen LogP contribution in [0.4, 0.5) is 0 Å². The minimum Gasteiger partial charge on any atom is -0.412 e. The average molecular weight is 405 g/mol. The summed E-state index contributed by atoms with van der Waals surface area (Å²) >= 11 is 0. The van der Waals surface area contributed by atoms with E-state index in [1.54, 1.807) is 0 Å². The van der Waals surface area contributed by atoms with Crippen LogP contribution in [0.5, 0.6) is 0 Å². The third-order valence-corrected chi connectivity index (χ3v) is 18.4. The van der Waals surface area contributed by atoms with Gasteiger partial charge in [-0.2, -0.15) is 0 Å². The van der Waals surface area contributed by atoms with Crippen molar-refractivity contribution in [2.45, 2.75) is 117 Å². The van der Waals surface area contributed by atoms with Crippen LogP contribution in [0.2, 0.25) is 45.3 Å². The number of hydrogen-bond donors (Lipinski definition) is 0. The maximum atomic E-state index is 12.3. The Bertz CT molecular complexity index is 455. The molecule has 25 heavy (non-hydrogen) atoms. The summed E-state index contributed by atoms with van der Waals surface area (Å²) in [6.45, 7) is 26.4. The molecule has 6 heteroatoms. The minimum absolute atomic E-state index is 0.0982. The van der Waals surface area contributed by atoms with Gasteiger partial charge in [-0.1, -0.05) is 45.8 Å². The molecule has 0 amide bonds. The molecule has 0 saturated carbocycles. The van der Waals surface area contributed by atoms with Crippen molar-refractivity contribution < 1.29 is 13.6 Å². The summed E-state index contributed by atoms with van der Waals surface area (Å²) in [5.74, 6) is 0. The van der Waals surface area contributed by atoms with Gasteiger partial charge in [0.05, 0.1) is 13.3 Å². The highest BCUT2D eigenvalue weighted by molar-refractivity contribution is 7.00. The van der Waals surface area contributed by atoms with Gasteiger partial charge in [0.1, 0.15) is 5.41 Å². The van der Waals surface area contributed by atoms with Crippen molar-refractivity contribution in [3.8, 4) is 0 Å². The van der Waals surface area contributed by atoms with Gasteiger partial charge in [-0.15, -0.1) is 0 Å². The lowest BCUT2D eigenvalue weighted by molar-refractivity contribution is -0.114. The molecule has 0 fully saturated rings. The van der Waals surface area contributed by atoms with E-state index in [2.05, 4.69) is 60.8 Å². The SMILES string of the molecule is CCCC[Si](C)(C)C(C)(C)O[Si](C)(C)C(C)(C)O[Si](C)(C)C(=O)CC. The average Bonchev–Trinajstić information content (AvgIpc) is 2.41. The smallest absolute Gasteiger partial charge is 0.259 e. The first-order valence-corrected chi connectivity index (χ1v) is 18.9. The zero-order chi connectivity index (χ0) is 20.3. The summed E-state index contributed by atoms with van der Waals surface area (Å²) in [5, 5.41) is -0.207. The molecule has 0 aliphatic carbocycles. The lowest BCUT2D eigenvalue weighted by Crippen LogP contribution is -2.66. The molecule has 0 aliphatic rings. The fraction of sp³-hybridized carbons (Fsp3) is 0.947. The first-order chi connectivity index (χ1) is 11.0. The Labute approximate surface area is 160 Å². The zero-order valence-electron chi connectivity index (χ0n) is 19.1. The molecule has 0 aromatic rings. The van der Waals surface area contributed by atoms with Gasteiger partial charge in [0.15, 0.2) is 0 Å². The van der Waals surface area contributed by atoms with Gasteiger partial charge in [-0.3, -0.25) is 0 Å². The normalized spacial score (nSPS) is 14.7. The minimum atomic E-state index is -2.37. The number of carbonyl (C=O) groups excluding carboxylic acids is 1. The van der Waals surface area contributed by atoms with E-state index in [1.165, 1.54) is 18.9 Å². The van der Waals surface area contributed by atoms with Crippen molar-refractivity contribution in [1.29, 1.82) is 0 Å². The van der Waals surface area contributed by atoms with Gasteiger partial charge in [-0.25, -0.2) is 0 Å². The second-order valence-corrected chi connectivity index (χ2v) is 23.7. The zero-order valence-corrected chi connectivity index (χ0v) is 22.1. The molecule has 0 atom stereocenters. The molecule has 3 nitrogen and oxygen atoms in total. The van der Waals surface area contributed by atoms with Crippen molar-refractivity contribution in [2.24, 2.45) is 0 Å². The number of rotatable bonds is 11. The first kappa shape index (κ1) is 25.2. The fourth-order valence-corrected chi connectivity index (χ4v) is 12.3. The van der Waals surface area contributed by atoms with Crippen molar-refractivity contribution in [2.75, 3.05) is 0 Å². The van der Waals surface area contributed by atoms with Crippen LogP contribution in [-0.2, 0) is 13.6 Å². The van der Waals surface area contributed by atoms with Crippen LogP contribution in [0.25, 0.3) is 0 Å². The maximum Gasteiger partial charge on any atom is 0.259 e.